The summed E-state index contributed by atoms with van der Waals surface area (Å²) in [7, 11) is -3.74. The van der Waals surface area contributed by atoms with E-state index in [1.807, 2.05) is 24.3 Å². The molecule has 1 unspecified atom stereocenters. The van der Waals surface area contributed by atoms with Crippen molar-refractivity contribution in [2.24, 2.45) is 5.92 Å². The second-order valence-electron chi connectivity index (χ2n) is 11.2. The summed E-state index contributed by atoms with van der Waals surface area (Å²) in [5, 5.41) is 11.9. The van der Waals surface area contributed by atoms with Crippen molar-refractivity contribution < 1.29 is 18.3 Å². The van der Waals surface area contributed by atoms with Crippen LogP contribution in [0, 0.1) is 5.92 Å². The molecule has 0 spiro atoms. The number of carbonyl (C=O) groups is 1. The van der Waals surface area contributed by atoms with Gasteiger partial charge in [-0.1, -0.05) is 30.3 Å². The molecule has 9 heteroatoms. The number of para-hydroxylation sites is 1. The topological polar surface area (TPSA) is 103 Å². The van der Waals surface area contributed by atoms with Crippen LogP contribution in [0.25, 0.3) is 0 Å². The second-order valence-corrected chi connectivity index (χ2v) is 12.8. The fourth-order valence-electron chi connectivity index (χ4n) is 5.42. The first-order valence-corrected chi connectivity index (χ1v) is 14.4. The number of hydrogen-bond acceptors (Lipinski definition) is 6. The van der Waals surface area contributed by atoms with E-state index in [9.17, 15) is 18.3 Å². The third-order valence-electron chi connectivity index (χ3n) is 7.25. The van der Waals surface area contributed by atoms with Crippen molar-refractivity contribution in [3.8, 4) is 0 Å². The molecule has 2 aliphatic rings. The summed E-state index contributed by atoms with van der Waals surface area (Å²) >= 11 is 0. The number of pyridine rings is 1. The van der Waals surface area contributed by atoms with E-state index in [4.69, 9.17) is 0 Å². The first kappa shape index (κ1) is 26.3. The van der Waals surface area contributed by atoms with E-state index in [0.29, 0.717) is 29.3 Å². The quantitative estimate of drug-likeness (QED) is 0.501. The molecule has 3 heterocycles. The minimum atomic E-state index is -3.74. The maximum absolute atomic E-state index is 13.8. The van der Waals surface area contributed by atoms with Crippen LogP contribution in [-0.4, -0.2) is 49.6 Å². The van der Waals surface area contributed by atoms with Crippen LogP contribution in [0.5, 0.6) is 0 Å². The van der Waals surface area contributed by atoms with Gasteiger partial charge in [-0.2, -0.15) is 0 Å². The van der Waals surface area contributed by atoms with Gasteiger partial charge in [0.2, 0.25) is 10.0 Å². The molecular weight excluding hydrogens is 500 g/mol. The van der Waals surface area contributed by atoms with Gasteiger partial charge in [0.05, 0.1) is 10.6 Å². The zero-order valence-electron chi connectivity index (χ0n) is 22.0. The molecular formula is C29H34N4O4S. The molecule has 3 aromatic rings. The standard InChI is InChI=1S/C29H34N4O4S/c1-28(2,3)31-38(36,37)24-10-8-22(9-11-24)29(35)25-6-4-5-7-26(25)33(27(29)34)20-21-14-18-32(19-15-21)23-12-16-30-17-13-23/h4-13,16-17,21,31,35H,14-15,18-20H2,1-3H3. The van der Waals surface area contributed by atoms with E-state index < -0.39 is 27.1 Å². The average molecular weight is 535 g/mol. The SMILES string of the molecule is CC(C)(C)NS(=O)(=O)c1ccc(C2(O)C(=O)N(CC3CCN(c4ccncc4)CC3)c3ccccc32)cc1. The Kier molecular flexibility index (Phi) is 6.79. The molecule has 1 fully saturated rings. The van der Waals surface area contributed by atoms with Crippen molar-refractivity contribution in [2.45, 2.75) is 49.6 Å². The highest BCUT2D eigenvalue weighted by atomic mass is 32.2. The number of piperidine rings is 1. The minimum absolute atomic E-state index is 0.0799. The lowest BCUT2D eigenvalue weighted by Gasteiger charge is -2.35. The van der Waals surface area contributed by atoms with E-state index in [1.54, 1.807) is 50.2 Å². The maximum atomic E-state index is 13.8. The van der Waals surface area contributed by atoms with E-state index in [-0.39, 0.29) is 4.90 Å². The Morgan fingerprint density at radius 1 is 1.00 bits per heavy atom. The van der Waals surface area contributed by atoms with Gasteiger partial charge < -0.3 is 14.9 Å². The number of nitrogens with one attached hydrogen (secondary N) is 1. The molecule has 5 rings (SSSR count). The number of nitrogens with zero attached hydrogens (tertiary/aromatic N) is 3. The first-order valence-electron chi connectivity index (χ1n) is 12.9. The van der Waals surface area contributed by atoms with Crippen LogP contribution in [0.1, 0.15) is 44.7 Å². The van der Waals surface area contributed by atoms with Crippen LogP contribution < -0.4 is 14.5 Å². The molecule has 0 bridgehead atoms. The number of rotatable bonds is 6. The average Bonchev–Trinajstić information content (AvgIpc) is 3.11. The van der Waals surface area contributed by atoms with Crippen molar-refractivity contribution in [2.75, 3.05) is 29.4 Å². The lowest BCUT2D eigenvalue weighted by atomic mass is 9.87. The predicted molar refractivity (Wildman–Crippen MR) is 147 cm³/mol. The van der Waals surface area contributed by atoms with Gasteiger partial charge in [-0.3, -0.25) is 9.78 Å². The van der Waals surface area contributed by atoms with Crippen molar-refractivity contribution >= 4 is 27.3 Å². The molecule has 0 saturated carbocycles. The number of aromatic nitrogens is 1. The zero-order valence-corrected chi connectivity index (χ0v) is 22.8. The number of amides is 1. The zero-order chi connectivity index (χ0) is 27.1. The van der Waals surface area contributed by atoms with Crippen molar-refractivity contribution in [3.05, 3.63) is 84.2 Å². The van der Waals surface area contributed by atoms with Gasteiger partial charge in [0.15, 0.2) is 5.60 Å². The summed E-state index contributed by atoms with van der Waals surface area (Å²) in [6.45, 7) is 7.61. The monoisotopic (exact) mass is 534 g/mol. The Hall–Kier alpha value is -3.27. The highest BCUT2D eigenvalue weighted by molar-refractivity contribution is 7.89. The fourth-order valence-corrected chi connectivity index (χ4v) is 6.84. The molecule has 0 radical (unpaired) electrons. The van der Waals surface area contributed by atoms with Crippen LogP contribution in [0.15, 0.2) is 78.0 Å². The molecule has 2 aliphatic heterocycles. The lowest BCUT2D eigenvalue weighted by molar-refractivity contribution is -0.132. The van der Waals surface area contributed by atoms with Crippen LogP contribution in [0.2, 0.25) is 0 Å². The molecule has 8 nitrogen and oxygen atoms in total. The van der Waals surface area contributed by atoms with E-state index in [1.165, 1.54) is 24.3 Å². The van der Waals surface area contributed by atoms with Crippen LogP contribution in [-0.2, 0) is 20.4 Å². The largest absolute Gasteiger partial charge is 0.372 e. The van der Waals surface area contributed by atoms with E-state index >= 15 is 0 Å². The van der Waals surface area contributed by atoms with Crippen molar-refractivity contribution in [1.82, 2.24) is 9.71 Å². The van der Waals surface area contributed by atoms with Gasteiger partial charge in [0.25, 0.3) is 5.91 Å². The van der Waals surface area contributed by atoms with Gasteiger partial charge in [-0.25, -0.2) is 13.1 Å². The number of sulfonamides is 1. The van der Waals surface area contributed by atoms with Gasteiger partial charge in [0, 0.05) is 48.8 Å². The summed E-state index contributed by atoms with van der Waals surface area (Å²) in [6, 6.07) is 17.3. The fraction of sp³-hybridized carbons (Fsp3) is 0.379. The van der Waals surface area contributed by atoms with E-state index in [0.717, 1.165) is 31.6 Å². The number of aliphatic hydroxyl groups is 1. The van der Waals surface area contributed by atoms with E-state index in [2.05, 4.69) is 14.6 Å². The summed E-state index contributed by atoms with van der Waals surface area (Å²) in [5.41, 5.74) is 0.197. The number of carbonyl (C=O) groups excluding carboxylic acids is 1. The molecule has 1 aromatic heterocycles. The predicted octanol–water partition coefficient (Wildman–Crippen LogP) is 3.66. The highest BCUT2D eigenvalue weighted by Crippen LogP contribution is 2.45. The Morgan fingerprint density at radius 3 is 2.26 bits per heavy atom. The Balaban J connectivity index is 1.37. The first-order chi connectivity index (χ1) is 18.0. The van der Waals surface area contributed by atoms with Gasteiger partial charge in [-0.05, 0) is 75.4 Å². The summed E-state index contributed by atoms with van der Waals surface area (Å²) < 4.78 is 28.1. The summed E-state index contributed by atoms with van der Waals surface area (Å²) in [5.74, 6) is -0.109. The van der Waals surface area contributed by atoms with Gasteiger partial charge >= 0.3 is 0 Å². The Bertz CT molecular complexity index is 1410. The molecule has 0 aliphatic carbocycles. The number of hydrogen-bond donors (Lipinski definition) is 2. The molecule has 2 aromatic carbocycles. The molecule has 200 valence electrons. The molecule has 38 heavy (non-hydrogen) atoms. The maximum Gasteiger partial charge on any atom is 0.268 e. The molecule has 1 saturated heterocycles. The van der Waals surface area contributed by atoms with Crippen LogP contribution >= 0.6 is 0 Å². The highest BCUT2D eigenvalue weighted by Gasteiger charge is 2.51. The lowest BCUT2D eigenvalue weighted by Crippen LogP contribution is -2.45. The van der Waals surface area contributed by atoms with Crippen molar-refractivity contribution in [3.63, 3.8) is 0 Å². The second kappa shape index (κ2) is 9.80. The summed E-state index contributed by atoms with van der Waals surface area (Å²) in [4.78, 5) is 22.1. The Morgan fingerprint density at radius 2 is 1.63 bits per heavy atom. The minimum Gasteiger partial charge on any atom is -0.372 e. The number of fused-ring (bicyclic) bond motifs is 1. The number of benzene rings is 2. The molecule has 1 atom stereocenters. The third-order valence-corrected chi connectivity index (χ3v) is 9.02. The van der Waals surface area contributed by atoms with Gasteiger partial charge in [0.1, 0.15) is 0 Å². The van der Waals surface area contributed by atoms with Crippen molar-refractivity contribution in [1.29, 1.82) is 0 Å². The Labute approximate surface area is 224 Å². The smallest absolute Gasteiger partial charge is 0.268 e. The molecule has 2 N–H and O–H groups in total. The molecule has 1 amide bonds. The third kappa shape index (κ3) is 4.93. The normalized spacial score (nSPS) is 20.6. The van der Waals surface area contributed by atoms with Gasteiger partial charge in [-0.15, -0.1) is 0 Å². The van der Waals surface area contributed by atoms with Crippen LogP contribution in [0.3, 0.4) is 0 Å². The van der Waals surface area contributed by atoms with Crippen LogP contribution in [0.4, 0.5) is 11.4 Å². The number of anilines is 2. The summed E-state index contributed by atoms with van der Waals surface area (Å²) in [6.07, 6.45) is 5.45.